The molecule has 4 nitrogen and oxygen atoms in total. The van der Waals surface area contributed by atoms with Gasteiger partial charge in [0.2, 0.25) is 0 Å². The molecule has 0 radical (unpaired) electrons. The van der Waals surface area contributed by atoms with E-state index in [4.69, 9.17) is 4.74 Å². The van der Waals surface area contributed by atoms with Crippen molar-refractivity contribution in [3.8, 4) is 11.1 Å². The van der Waals surface area contributed by atoms with Crippen LogP contribution < -0.4 is 0 Å². The van der Waals surface area contributed by atoms with Gasteiger partial charge in [0, 0.05) is 18.7 Å². The van der Waals surface area contributed by atoms with Gasteiger partial charge in [0.25, 0.3) is 0 Å². The van der Waals surface area contributed by atoms with Crippen LogP contribution >= 0.6 is 0 Å². The van der Waals surface area contributed by atoms with Crippen molar-refractivity contribution in [2.45, 2.75) is 105 Å². The van der Waals surface area contributed by atoms with E-state index in [9.17, 15) is 9.90 Å². The van der Waals surface area contributed by atoms with E-state index >= 15 is 0 Å². The van der Waals surface area contributed by atoms with E-state index in [0.29, 0.717) is 0 Å². The number of benzene rings is 2. The highest BCUT2D eigenvalue weighted by atomic mass is 16.5. The summed E-state index contributed by atoms with van der Waals surface area (Å²) in [6, 6.07) is 8.49. The van der Waals surface area contributed by atoms with Crippen LogP contribution in [0.2, 0.25) is 0 Å². The standard InChI is InChI=1S/C32H45NO3/c1-21-12-14-25(15-13-21)28-23(3)27-20-33(18-16-24-10-8-7-9-11-24)19-17-26(27)22(2)29(28)30(31(34)35)36-32(4,5)6/h12-15,24,30H,7-11,16-20H2,1-6H3,(H,34,35). The number of nitrogens with zero attached hydrogens (tertiary/aromatic N) is 1. The number of carboxylic acids is 1. The minimum atomic E-state index is -1.00. The fraction of sp³-hybridized carbons (Fsp3) is 0.594. The molecule has 36 heavy (non-hydrogen) atoms. The number of fused-ring (bicyclic) bond motifs is 1. The summed E-state index contributed by atoms with van der Waals surface area (Å²) in [6.45, 7) is 15.3. The average Bonchev–Trinajstić information content (AvgIpc) is 2.84. The van der Waals surface area contributed by atoms with Crippen LogP contribution in [0.5, 0.6) is 0 Å². The van der Waals surface area contributed by atoms with Gasteiger partial charge >= 0.3 is 5.97 Å². The van der Waals surface area contributed by atoms with Gasteiger partial charge < -0.3 is 9.84 Å². The first-order valence-corrected chi connectivity index (χ1v) is 13.9. The molecule has 2 aromatic rings. The second kappa shape index (κ2) is 11.1. The Morgan fingerprint density at radius 2 is 1.69 bits per heavy atom. The predicted octanol–water partition coefficient (Wildman–Crippen LogP) is 7.55. The quantitative estimate of drug-likeness (QED) is 0.434. The van der Waals surface area contributed by atoms with Crippen LogP contribution in [0.3, 0.4) is 0 Å². The largest absolute Gasteiger partial charge is 0.479 e. The van der Waals surface area contributed by atoms with Gasteiger partial charge in [-0.25, -0.2) is 4.79 Å². The van der Waals surface area contributed by atoms with Crippen LogP contribution in [-0.2, 0) is 22.5 Å². The maximum Gasteiger partial charge on any atom is 0.337 e. The molecule has 0 saturated heterocycles. The van der Waals surface area contributed by atoms with Crippen LogP contribution in [0, 0.1) is 26.7 Å². The smallest absolute Gasteiger partial charge is 0.337 e. The van der Waals surface area contributed by atoms with Crippen molar-refractivity contribution in [2.75, 3.05) is 13.1 Å². The first-order chi connectivity index (χ1) is 17.0. The summed E-state index contributed by atoms with van der Waals surface area (Å²) in [5, 5.41) is 10.3. The topological polar surface area (TPSA) is 49.8 Å². The van der Waals surface area contributed by atoms with E-state index in [1.54, 1.807) is 0 Å². The van der Waals surface area contributed by atoms with Gasteiger partial charge in [0.05, 0.1) is 5.60 Å². The first kappa shape index (κ1) is 26.9. The molecule has 0 aromatic heterocycles. The molecule has 0 spiro atoms. The Labute approximate surface area is 218 Å². The zero-order valence-corrected chi connectivity index (χ0v) is 23.2. The van der Waals surface area contributed by atoms with E-state index in [2.05, 4.69) is 49.9 Å². The third-order valence-electron chi connectivity index (χ3n) is 8.25. The third-order valence-corrected chi connectivity index (χ3v) is 8.25. The maximum absolute atomic E-state index is 12.6. The highest BCUT2D eigenvalue weighted by molar-refractivity contribution is 5.84. The van der Waals surface area contributed by atoms with Gasteiger partial charge in [0.1, 0.15) is 0 Å². The van der Waals surface area contributed by atoms with E-state index in [1.807, 2.05) is 20.8 Å². The molecular formula is C32H45NO3. The lowest BCUT2D eigenvalue weighted by molar-refractivity contribution is -0.160. The zero-order chi connectivity index (χ0) is 26.0. The zero-order valence-electron chi connectivity index (χ0n) is 23.2. The number of carbonyl (C=O) groups is 1. The van der Waals surface area contributed by atoms with Crippen molar-refractivity contribution in [2.24, 2.45) is 5.92 Å². The Morgan fingerprint density at radius 3 is 2.31 bits per heavy atom. The molecule has 4 heteroatoms. The summed E-state index contributed by atoms with van der Waals surface area (Å²) in [5.41, 5.74) is 8.59. The molecule has 0 bridgehead atoms. The molecule has 2 aliphatic rings. The lowest BCUT2D eigenvalue weighted by Gasteiger charge is -2.36. The monoisotopic (exact) mass is 491 g/mol. The van der Waals surface area contributed by atoms with E-state index in [1.165, 1.54) is 60.8 Å². The van der Waals surface area contributed by atoms with Gasteiger partial charge in [-0.15, -0.1) is 0 Å². The number of hydrogen-bond donors (Lipinski definition) is 1. The molecule has 0 amide bonds. The van der Waals surface area contributed by atoms with Gasteiger partial charge in [0.15, 0.2) is 6.10 Å². The number of hydrogen-bond acceptors (Lipinski definition) is 3. The first-order valence-electron chi connectivity index (χ1n) is 13.9. The molecule has 1 fully saturated rings. The molecule has 1 atom stereocenters. The SMILES string of the molecule is Cc1ccc(-c2c(C)c3c(c(C)c2C(OC(C)(C)C)C(=O)O)CCN(CCC2CCCCC2)C3)cc1. The van der Waals surface area contributed by atoms with Crippen molar-refractivity contribution in [1.82, 2.24) is 4.90 Å². The molecule has 2 aromatic carbocycles. The molecular weight excluding hydrogens is 446 g/mol. The highest BCUT2D eigenvalue weighted by Gasteiger charge is 2.34. The summed E-state index contributed by atoms with van der Waals surface area (Å²) in [7, 11) is 0. The fourth-order valence-corrected chi connectivity index (χ4v) is 6.32. The van der Waals surface area contributed by atoms with Gasteiger partial charge in [-0.3, -0.25) is 4.90 Å². The van der Waals surface area contributed by atoms with Crippen molar-refractivity contribution in [1.29, 1.82) is 0 Å². The van der Waals surface area contributed by atoms with E-state index in [-0.39, 0.29) is 0 Å². The minimum Gasteiger partial charge on any atom is -0.479 e. The van der Waals surface area contributed by atoms with E-state index in [0.717, 1.165) is 54.2 Å². The maximum atomic E-state index is 12.6. The Kier molecular flexibility index (Phi) is 8.26. The second-order valence-corrected chi connectivity index (χ2v) is 12.1. The van der Waals surface area contributed by atoms with Crippen LogP contribution in [0.15, 0.2) is 24.3 Å². The lowest BCUT2D eigenvalue weighted by Crippen LogP contribution is -2.34. The van der Waals surface area contributed by atoms with Gasteiger partial charge in [-0.1, -0.05) is 61.9 Å². The lowest BCUT2D eigenvalue weighted by atomic mass is 9.80. The molecule has 1 heterocycles. The number of rotatable bonds is 7. The number of ether oxygens (including phenoxy) is 1. The predicted molar refractivity (Wildman–Crippen MR) is 147 cm³/mol. The normalized spacial score (nSPS) is 18.2. The van der Waals surface area contributed by atoms with Crippen LogP contribution in [0.4, 0.5) is 0 Å². The number of aryl methyl sites for hydroxylation is 1. The summed E-state index contributed by atoms with van der Waals surface area (Å²) in [5.74, 6) is -0.0370. The number of aliphatic carboxylic acids is 1. The summed E-state index contributed by atoms with van der Waals surface area (Å²) in [6.07, 6.45) is 8.27. The minimum absolute atomic E-state index is 0.570. The van der Waals surface area contributed by atoms with E-state index < -0.39 is 17.7 Å². The average molecular weight is 492 g/mol. The van der Waals surface area contributed by atoms with Crippen molar-refractivity contribution < 1.29 is 14.6 Å². The molecule has 196 valence electrons. The molecule has 1 unspecified atom stereocenters. The fourth-order valence-electron chi connectivity index (χ4n) is 6.32. The second-order valence-electron chi connectivity index (χ2n) is 12.1. The summed E-state index contributed by atoms with van der Waals surface area (Å²) < 4.78 is 6.21. The summed E-state index contributed by atoms with van der Waals surface area (Å²) >= 11 is 0. The van der Waals surface area contributed by atoms with Gasteiger partial charge in [-0.05, 0) is 100 Å². The Morgan fingerprint density at radius 1 is 1.03 bits per heavy atom. The number of carboxylic acid groups (broad SMARTS) is 1. The van der Waals surface area contributed by atoms with Gasteiger partial charge in [-0.2, -0.15) is 0 Å². The van der Waals surface area contributed by atoms with Crippen LogP contribution in [0.1, 0.15) is 98.8 Å². The molecule has 1 saturated carbocycles. The van der Waals surface area contributed by atoms with Crippen LogP contribution in [-0.4, -0.2) is 34.7 Å². The highest BCUT2D eigenvalue weighted by Crippen LogP contribution is 2.42. The van der Waals surface area contributed by atoms with Crippen molar-refractivity contribution >= 4 is 5.97 Å². The Balaban J connectivity index is 1.76. The molecule has 1 aliphatic carbocycles. The Hall–Kier alpha value is -2.17. The van der Waals surface area contributed by atoms with Crippen molar-refractivity contribution in [3.05, 3.63) is 57.6 Å². The van der Waals surface area contributed by atoms with Crippen molar-refractivity contribution in [3.63, 3.8) is 0 Å². The molecule has 1 N–H and O–H groups in total. The van der Waals surface area contributed by atoms with Crippen LogP contribution in [0.25, 0.3) is 11.1 Å². The summed E-state index contributed by atoms with van der Waals surface area (Å²) in [4.78, 5) is 15.2. The Bertz CT molecular complexity index is 1070. The molecule has 4 rings (SSSR count). The molecule has 1 aliphatic heterocycles. The third kappa shape index (κ3) is 6.03.